The zero-order chi connectivity index (χ0) is 11.4. The Balaban J connectivity index is 2.24. The third-order valence-corrected chi connectivity index (χ3v) is 3.00. The van der Waals surface area contributed by atoms with Gasteiger partial charge in [-0.2, -0.15) is 0 Å². The zero-order valence-electron chi connectivity index (χ0n) is 8.36. The van der Waals surface area contributed by atoms with E-state index in [0.29, 0.717) is 5.88 Å². The summed E-state index contributed by atoms with van der Waals surface area (Å²) in [7, 11) is 0. The molecule has 0 unspecified atom stereocenters. The summed E-state index contributed by atoms with van der Waals surface area (Å²) in [5.74, 6) is 0.243. The summed E-state index contributed by atoms with van der Waals surface area (Å²) in [5.41, 5.74) is 1.78. The van der Waals surface area contributed by atoms with Crippen LogP contribution in [0.25, 0.3) is 17.3 Å². The second kappa shape index (κ2) is 5.23. The highest BCUT2D eigenvalue weighted by molar-refractivity contribution is 7.10. The van der Waals surface area contributed by atoms with E-state index in [9.17, 15) is 4.39 Å². The minimum Gasteiger partial charge on any atom is -0.237 e. The molecule has 4 heteroatoms. The number of rotatable bonds is 3. The number of alkyl halides is 1. The Morgan fingerprint density at radius 2 is 2.06 bits per heavy atom. The maximum Gasteiger partial charge on any atom is 0.123 e. The van der Waals surface area contributed by atoms with Gasteiger partial charge >= 0.3 is 0 Å². The predicted octanol–water partition coefficient (Wildman–Crippen LogP) is 4.20. The molecule has 0 saturated carbocycles. The second-order valence-electron chi connectivity index (χ2n) is 3.13. The molecule has 0 aliphatic heterocycles. The Hall–Kier alpha value is -1.19. The Morgan fingerprint density at radius 1 is 1.31 bits per heavy atom. The molecule has 1 heterocycles. The maximum atomic E-state index is 12.7. The predicted molar refractivity (Wildman–Crippen MR) is 67.3 cm³/mol. The molecular weight excluding hydrogens is 245 g/mol. The van der Waals surface area contributed by atoms with Crippen LogP contribution in [0.15, 0.2) is 35.7 Å². The molecule has 0 radical (unpaired) electrons. The molecule has 1 aromatic carbocycles. The van der Waals surface area contributed by atoms with Gasteiger partial charge < -0.3 is 0 Å². The fraction of sp³-hybridized carbons (Fsp3) is 0.0833. The van der Waals surface area contributed by atoms with E-state index in [1.807, 2.05) is 17.5 Å². The minimum atomic E-state index is -0.235. The molecular formula is C12H9ClFNS. The molecule has 2 aromatic rings. The standard InChI is InChI=1S/C12H9ClFNS/c13-7-1-2-12-15-11(8-16-12)9-3-5-10(14)6-4-9/h1-6,8H,7H2/b2-1+. The monoisotopic (exact) mass is 253 g/mol. The molecule has 0 aliphatic rings. The highest BCUT2D eigenvalue weighted by atomic mass is 35.5. The molecule has 0 amide bonds. The van der Waals surface area contributed by atoms with Gasteiger partial charge in [-0.1, -0.05) is 6.08 Å². The lowest BCUT2D eigenvalue weighted by Crippen LogP contribution is -1.79. The van der Waals surface area contributed by atoms with Gasteiger partial charge in [-0.05, 0) is 30.3 Å². The molecule has 0 aliphatic carbocycles. The van der Waals surface area contributed by atoms with Crippen LogP contribution in [0.4, 0.5) is 4.39 Å². The van der Waals surface area contributed by atoms with Gasteiger partial charge in [0.05, 0.1) is 5.69 Å². The van der Waals surface area contributed by atoms with E-state index in [1.165, 1.54) is 23.5 Å². The lowest BCUT2D eigenvalue weighted by Gasteiger charge is -1.94. The minimum absolute atomic E-state index is 0.235. The molecule has 0 bridgehead atoms. The number of thiazole rings is 1. The van der Waals surface area contributed by atoms with E-state index in [4.69, 9.17) is 11.6 Å². The number of hydrogen-bond donors (Lipinski definition) is 0. The van der Waals surface area contributed by atoms with Gasteiger partial charge in [-0.3, -0.25) is 0 Å². The van der Waals surface area contributed by atoms with Crippen LogP contribution in [0, 0.1) is 5.82 Å². The number of allylic oxidation sites excluding steroid dienone is 1. The van der Waals surface area contributed by atoms with E-state index in [2.05, 4.69) is 4.98 Å². The fourth-order valence-corrected chi connectivity index (χ4v) is 2.10. The van der Waals surface area contributed by atoms with E-state index in [-0.39, 0.29) is 5.82 Å². The largest absolute Gasteiger partial charge is 0.237 e. The lowest BCUT2D eigenvalue weighted by atomic mass is 10.2. The average molecular weight is 254 g/mol. The molecule has 0 fully saturated rings. The summed E-state index contributed by atoms with van der Waals surface area (Å²) in [6, 6.07) is 6.31. The topological polar surface area (TPSA) is 12.9 Å². The van der Waals surface area contributed by atoms with Crippen LogP contribution in [0.1, 0.15) is 5.01 Å². The summed E-state index contributed by atoms with van der Waals surface area (Å²) in [6.07, 6.45) is 3.72. The third kappa shape index (κ3) is 2.68. The Bertz CT molecular complexity index is 490. The van der Waals surface area contributed by atoms with Crippen LogP contribution >= 0.6 is 22.9 Å². The number of halogens is 2. The van der Waals surface area contributed by atoms with Crippen molar-refractivity contribution in [2.75, 3.05) is 5.88 Å². The van der Waals surface area contributed by atoms with Gasteiger partial charge in [0.25, 0.3) is 0 Å². The van der Waals surface area contributed by atoms with Crippen molar-refractivity contribution in [3.05, 3.63) is 46.5 Å². The molecule has 82 valence electrons. The molecule has 2 rings (SSSR count). The number of nitrogens with zero attached hydrogens (tertiary/aromatic N) is 1. The van der Waals surface area contributed by atoms with Gasteiger partial charge in [0, 0.05) is 16.8 Å². The summed E-state index contributed by atoms with van der Waals surface area (Å²) < 4.78 is 12.7. The van der Waals surface area contributed by atoms with Crippen molar-refractivity contribution < 1.29 is 4.39 Å². The molecule has 0 N–H and O–H groups in total. The molecule has 0 spiro atoms. The van der Waals surface area contributed by atoms with Gasteiger partial charge in [-0.15, -0.1) is 22.9 Å². The van der Waals surface area contributed by atoms with Crippen molar-refractivity contribution in [2.45, 2.75) is 0 Å². The van der Waals surface area contributed by atoms with E-state index < -0.39 is 0 Å². The second-order valence-corrected chi connectivity index (χ2v) is 4.33. The van der Waals surface area contributed by atoms with Crippen LogP contribution in [0.2, 0.25) is 0 Å². The van der Waals surface area contributed by atoms with E-state index in [0.717, 1.165) is 16.3 Å². The first-order valence-corrected chi connectivity index (χ1v) is 6.15. The van der Waals surface area contributed by atoms with Gasteiger partial charge in [0.1, 0.15) is 10.8 Å². The lowest BCUT2D eigenvalue weighted by molar-refractivity contribution is 0.628. The smallest absolute Gasteiger partial charge is 0.123 e. The van der Waals surface area contributed by atoms with E-state index >= 15 is 0 Å². The summed E-state index contributed by atoms with van der Waals surface area (Å²) in [4.78, 5) is 4.40. The zero-order valence-corrected chi connectivity index (χ0v) is 9.93. The van der Waals surface area contributed by atoms with E-state index in [1.54, 1.807) is 12.1 Å². The van der Waals surface area contributed by atoms with Crippen molar-refractivity contribution in [1.82, 2.24) is 4.98 Å². The van der Waals surface area contributed by atoms with Crippen molar-refractivity contribution >= 4 is 29.0 Å². The van der Waals surface area contributed by atoms with Crippen LogP contribution in [-0.4, -0.2) is 10.9 Å². The quantitative estimate of drug-likeness (QED) is 0.747. The van der Waals surface area contributed by atoms with Crippen molar-refractivity contribution in [2.24, 2.45) is 0 Å². The summed E-state index contributed by atoms with van der Waals surface area (Å²) in [6.45, 7) is 0. The average Bonchev–Trinajstić information content (AvgIpc) is 2.76. The van der Waals surface area contributed by atoms with Gasteiger partial charge in [0.2, 0.25) is 0 Å². The first kappa shape index (κ1) is 11.3. The molecule has 16 heavy (non-hydrogen) atoms. The first-order valence-electron chi connectivity index (χ1n) is 4.73. The highest BCUT2D eigenvalue weighted by Crippen LogP contribution is 2.22. The van der Waals surface area contributed by atoms with Gasteiger partial charge in [0.15, 0.2) is 0 Å². The Kier molecular flexibility index (Phi) is 3.70. The number of hydrogen-bond acceptors (Lipinski definition) is 2. The SMILES string of the molecule is Fc1ccc(-c2csc(/C=C/CCl)n2)cc1. The van der Waals surface area contributed by atoms with Crippen molar-refractivity contribution in [3.63, 3.8) is 0 Å². The van der Waals surface area contributed by atoms with Crippen LogP contribution in [-0.2, 0) is 0 Å². The molecule has 1 nitrogen and oxygen atoms in total. The Labute approximate surface area is 102 Å². The highest BCUT2D eigenvalue weighted by Gasteiger charge is 2.02. The summed E-state index contributed by atoms with van der Waals surface area (Å²) in [5, 5.41) is 2.85. The first-order chi connectivity index (χ1) is 7.79. The molecule has 1 aromatic heterocycles. The molecule has 0 atom stereocenters. The van der Waals surface area contributed by atoms with Crippen LogP contribution in [0.5, 0.6) is 0 Å². The van der Waals surface area contributed by atoms with Crippen LogP contribution < -0.4 is 0 Å². The maximum absolute atomic E-state index is 12.7. The summed E-state index contributed by atoms with van der Waals surface area (Å²) >= 11 is 7.08. The third-order valence-electron chi connectivity index (χ3n) is 2.01. The van der Waals surface area contributed by atoms with Crippen molar-refractivity contribution in [3.8, 4) is 11.3 Å². The Morgan fingerprint density at radius 3 is 2.75 bits per heavy atom. The number of aromatic nitrogens is 1. The van der Waals surface area contributed by atoms with Crippen LogP contribution in [0.3, 0.4) is 0 Å². The fourth-order valence-electron chi connectivity index (χ4n) is 1.26. The number of benzene rings is 1. The normalized spacial score (nSPS) is 11.1. The molecule has 0 saturated heterocycles. The van der Waals surface area contributed by atoms with Crippen molar-refractivity contribution in [1.29, 1.82) is 0 Å². The van der Waals surface area contributed by atoms with Gasteiger partial charge in [-0.25, -0.2) is 9.37 Å².